The van der Waals surface area contributed by atoms with Gasteiger partial charge in [-0.2, -0.15) is 0 Å². The van der Waals surface area contributed by atoms with Gasteiger partial charge in [0.05, 0.1) is 7.11 Å². The zero-order valence-electron chi connectivity index (χ0n) is 19.3. The van der Waals surface area contributed by atoms with Gasteiger partial charge in [0.25, 0.3) is 0 Å². The highest BCUT2D eigenvalue weighted by Crippen LogP contribution is 2.30. The van der Waals surface area contributed by atoms with Crippen molar-refractivity contribution in [3.63, 3.8) is 0 Å². The van der Waals surface area contributed by atoms with Crippen LogP contribution in [0.3, 0.4) is 0 Å². The van der Waals surface area contributed by atoms with Gasteiger partial charge in [-0.25, -0.2) is 0 Å². The molecule has 0 N–H and O–H groups in total. The Morgan fingerprint density at radius 1 is 0.630 bits per heavy atom. The standard InChI is InChI=1S/C25H50O2/c1-5-6-7-8-9-10-13-16-19-22-25(2,3)23-20-17-14-11-12-15-18-21-24(26)27-4/h5-23H2,1-4H3. The maximum absolute atomic E-state index is 11.0. The van der Waals surface area contributed by atoms with Gasteiger partial charge in [-0.15, -0.1) is 0 Å². The van der Waals surface area contributed by atoms with Crippen LogP contribution in [0.25, 0.3) is 0 Å². The molecule has 2 heteroatoms. The summed E-state index contributed by atoms with van der Waals surface area (Å²) in [5, 5.41) is 0. The molecule has 0 unspecified atom stereocenters. The van der Waals surface area contributed by atoms with Gasteiger partial charge in [0.15, 0.2) is 0 Å². The van der Waals surface area contributed by atoms with E-state index in [1.165, 1.54) is 116 Å². The van der Waals surface area contributed by atoms with Gasteiger partial charge < -0.3 is 4.74 Å². The third kappa shape index (κ3) is 20.0. The highest BCUT2D eigenvalue weighted by Gasteiger charge is 2.16. The first kappa shape index (κ1) is 26.5. The molecule has 162 valence electrons. The molecule has 0 amide bonds. The molecule has 0 aromatic heterocycles. The zero-order chi connectivity index (χ0) is 20.2. The molecule has 0 aliphatic heterocycles. The van der Waals surface area contributed by atoms with E-state index in [1.807, 2.05) is 0 Å². The lowest BCUT2D eigenvalue weighted by atomic mass is 9.82. The van der Waals surface area contributed by atoms with Gasteiger partial charge in [-0.3, -0.25) is 4.79 Å². The molecule has 2 nitrogen and oxygen atoms in total. The van der Waals surface area contributed by atoms with E-state index >= 15 is 0 Å². The Morgan fingerprint density at radius 3 is 1.41 bits per heavy atom. The molecule has 0 bridgehead atoms. The van der Waals surface area contributed by atoms with Crippen LogP contribution in [-0.2, 0) is 9.53 Å². The van der Waals surface area contributed by atoms with E-state index in [0.29, 0.717) is 11.8 Å². The Morgan fingerprint density at radius 2 is 1.00 bits per heavy atom. The number of methoxy groups -OCH3 is 1. The minimum atomic E-state index is -0.0656. The van der Waals surface area contributed by atoms with Crippen LogP contribution in [0, 0.1) is 5.41 Å². The topological polar surface area (TPSA) is 26.3 Å². The van der Waals surface area contributed by atoms with Crippen molar-refractivity contribution in [1.82, 2.24) is 0 Å². The van der Waals surface area contributed by atoms with E-state index in [9.17, 15) is 4.79 Å². The van der Waals surface area contributed by atoms with Crippen LogP contribution in [0.1, 0.15) is 143 Å². The summed E-state index contributed by atoms with van der Waals surface area (Å²) in [6.07, 6.45) is 25.1. The lowest BCUT2D eigenvalue weighted by Crippen LogP contribution is -2.11. The first-order valence-electron chi connectivity index (χ1n) is 12.1. The lowest BCUT2D eigenvalue weighted by molar-refractivity contribution is -0.140. The number of hydrogen-bond donors (Lipinski definition) is 0. The van der Waals surface area contributed by atoms with Crippen molar-refractivity contribution in [3.8, 4) is 0 Å². The first-order valence-corrected chi connectivity index (χ1v) is 12.1. The molecule has 0 radical (unpaired) electrons. The summed E-state index contributed by atoms with van der Waals surface area (Å²) < 4.78 is 4.67. The molecule has 0 saturated carbocycles. The maximum atomic E-state index is 11.0. The molecule has 27 heavy (non-hydrogen) atoms. The predicted molar refractivity (Wildman–Crippen MR) is 119 cm³/mol. The lowest BCUT2D eigenvalue weighted by Gasteiger charge is -2.24. The molecule has 0 heterocycles. The molecular formula is C25H50O2. The molecular weight excluding hydrogens is 332 g/mol. The number of ether oxygens (including phenoxy) is 1. The molecule has 0 saturated heterocycles. The second-order valence-electron chi connectivity index (χ2n) is 9.29. The fourth-order valence-corrected chi connectivity index (χ4v) is 3.90. The van der Waals surface area contributed by atoms with E-state index in [1.54, 1.807) is 0 Å². The van der Waals surface area contributed by atoms with Crippen LogP contribution in [0.15, 0.2) is 0 Å². The molecule has 0 aromatic rings. The van der Waals surface area contributed by atoms with Gasteiger partial charge in [-0.05, 0) is 24.7 Å². The number of unbranched alkanes of at least 4 members (excludes halogenated alkanes) is 14. The van der Waals surface area contributed by atoms with Crippen molar-refractivity contribution < 1.29 is 9.53 Å². The molecule has 0 aliphatic carbocycles. The number of rotatable bonds is 20. The summed E-state index contributed by atoms with van der Waals surface area (Å²) in [7, 11) is 1.47. The minimum absolute atomic E-state index is 0.0656. The third-order valence-electron chi connectivity index (χ3n) is 5.92. The number of carbonyl (C=O) groups is 1. The Balaban J connectivity index is 3.36. The van der Waals surface area contributed by atoms with E-state index in [-0.39, 0.29) is 5.97 Å². The van der Waals surface area contributed by atoms with Crippen molar-refractivity contribution in [2.45, 2.75) is 143 Å². The van der Waals surface area contributed by atoms with Gasteiger partial charge in [-0.1, -0.05) is 117 Å². The van der Waals surface area contributed by atoms with Crippen LogP contribution < -0.4 is 0 Å². The maximum Gasteiger partial charge on any atom is 0.305 e. The van der Waals surface area contributed by atoms with Crippen LogP contribution in [0.2, 0.25) is 0 Å². The average molecular weight is 383 g/mol. The molecule has 0 rings (SSSR count). The Hall–Kier alpha value is -0.530. The van der Waals surface area contributed by atoms with Crippen molar-refractivity contribution in [2.24, 2.45) is 5.41 Å². The van der Waals surface area contributed by atoms with Crippen molar-refractivity contribution >= 4 is 5.97 Å². The monoisotopic (exact) mass is 382 g/mol. The minimum Gasteiger partial charge on any atom is -0.469 e. The smallest absolute Gasteiger partial charge is 0.305 e. The fraction of sp³-hybridized carbons (Fsp3) is 0.960. The summed E-state index contributed by atoms with van der Waals surface area (Å²) in [6, 6.07) is 0. The number of hydrogen-bond acceptors (Lipinski definition) is 2. The predicted octanol–water partition coefficient (Wildman–Crippen LogP) is 8.62. The molecule has 0 atom stereocenters. The van der Waals surface area contributed by atoms with Crippen molar-refractivity contribution in [2.75, 3.05) is 7.11 Å². The summed E-state index contributed by atoms with van der Waals surface area (Å²) in [5.41, 5.74) is 0.529. The largest absolute Gasteiger partial charge is 0.469 e. The first-order chi connectivity index (χ1) is 13.0. The quantitative estimate of drug-likeness (QED) is 0.155. The Bertz CT molecular complexity index is 322. The highest BCUT2D eigenvalue weighted by atomic mass is 16.5. The van der Waals surface area contributed by atoms with Gasteiger partial charge in [0, 0.05) is 6.42 Å². The van der Waals surface area contributed by atoms with Gasteiger partial charge >= 0.3 is 5.97 Å². The van der Waals surface area contributed by atoms with E-state index in [2.05, 4.69) is 25.5 Å². The zero-order valence-corrected chi connectivity index (χ0v) is 19.3. The van der Waals surface area contributed by atoms with E-state index in [0.717, 1.165) is 6.42 Å². The molecule has 0 spiro atoms. The highest BCUT2D eigenvalue weighted by molar-refractivity contribution is 5.68. The summed E-state index contributed by atoms with van der Waals surface area (Å²) in [4.78, 5) is 11.0. The van der Waals surface area contributed by atoms with E-state index in [4.69, 9.17) is 0 Å². The average Bonchev–Trinajstić information content (AvgIpc) is 2.65. The van der Waals surface area contributed by atoms with E-state index < -0.39 is 0 Å². The van der Waals surface area contributed by atoms with Crippen LogP contribution in [0.4, 0.5) is 0 Å². The van der Waals surface area contributed by atoms with Gasteiger partial charge in [0.1, 0.15) is 0 Å². The summed E-state index contributed by atoms with van der Waals surface area (Å²) in [6.45, 7) is 7.22. The normalized spacial score (nSPS) is 11.7. The molecule has 0 aromatic carbocycles. The van der Waals surface area contributed by atoms with Crippen molar-refractivity contribution in [1.29, 1.82) is 0 Å². The molecule has 0 aliphatic rings. The Labute approximate surface area is 171 Å². The van der Waals surface area contributed by atoms with Gasteiger partial charge in [0.2, 0.25) is 0 Å². The Kier molecular flexibility index (Phi) is 18.4. The number of esters is 1. The number of carbonyl (C=O) groups excluding carboxylic acids is 1. The SMILES string of the molecule is CCCCCCCCCCCC(C)(C)CCCCCCCCCC(=O)OC. The van der Waals surface area contributed by atoms with Crippen LogP contribution in [-0.4, -0.2) is 13.1 Å². The third-order valence-corrected chi connectivity index (χ3v) is 5.92. The van der Waals surface area contributed by atoms with Crippen molar-refractivity contribution in [3.05, 3.63) is 0 Å². The molecule has 0 fully saturated rings. The fourth-order valence-electron chi connectivity index (χ4n) is 3.90. The summed E-state index contributed by atoms with van der Waals surface area (Å²) in [5.74, 6) is -0.0656. The summed E-state index contributed by atoms with van der Waals surface area (Å²) >= 11 is 0. The second kappa shape index (κ2) is 18.8. The van der Waals surface area contributed by atoms with Crippen LogP contribution in [0.5, 0.6) is 0 Å². The second-order valence-corrected chi connectivity index (χ2v) is 9.29. The van der Waals surface area contributed by atoms with Crippen LogP contribution >= 0.6 is 0 Å².